The van der Waals surface area contributed by atoms with Gasteiger partial charge in [-0.1, -0.05) is 60.7 Å². The maximum Gasteiger partial charge on any atom is 0.238 e. The molecule has 3 rings (SSSR count). The van der Waals surface area contributed by atoms with E-state index in [1.807, 2.05) is 49.5 Å². The molecule has 3 aromatic carbocycles. The zero-order valence-electron chi connectivity index (χ0n) is 15.3. The van der Waals surface area contributed by atoms with Gasteiger partial charge in [0, 0.05) is 23.2 Å². The summed E-state index contributed by atoms with van der Waals surface area (Å²) in [5, 5.41) is 8.61. The molecule has 3 aromatic rings. The van der Waals surface area contributed by atoms with E-state index in [4.69, 9.17) is 9.88 Å². The molecule has 0 aliphatic heterocycles. The molecule has 0 atom stereocenters. The summed E-state index contributed by atoms with van der Waals surface area (Å²) in [5.74, 6) is 0.627. The Morgan fingerprint density at radius 1 is 0.926 bits per heavy atom. The van der Waals surface area contributed by atoms with E-state index in [9.17, 15) is 8.42 Å². The number of hydrogen-bond acceptors (Lipinski definition) is 4. The van der Waals surface area contributed by atoms with Crippen molar-refractivity contribution in [2.45, 2.75) is 11.4 Å². The zero-order valence-corrected chi connectivity index (χ0v) is 16.1. The summed E-state index contributed by atoms with van der Waals surface area (Å²) < 4.78 is 30.2. The highest BCUT2D eigenvalue weighted by atomic mass is 32.2. The van der Waals surface area contributed by atoms with Gasteiger partial charge in [0.25, 0.3) is 0 Å². The molecule has 27 heavy (non-hydrogen) atoms. The number of methoxy groups -OCH3 is 1. The topological polar surface area (TPSA) is 81.4 Å². The Balaban J connectivity index is 2.42. The number of nitrogens with one attached hydrogen (secondary N) is 1. The molecule has 140 valence electrons. The van der Waals surface area contributed by atoms with Gasteiger partial charge in [-0.25, -0.2) is 13.6 Å². The van der Waals surface area contributed by atoms with Gasteiger partial charge in [0.2, 0.25) is 10.0 Å². The maximum absolute atomic E-state index is 12.2. The number of hydrogen-bond donors (Lipinski definition) is 2. The highest BCUT2D eigenvalue weighted by Gasteiger charge is 2.22. The lowest BCUT2D eigenvalue weighted by molar-refractivity contribution is 0.410. The first kappa shape index (κ1) is 19.1. The standard InChI is InChI=1S/C21H22N2O3S/c1-23-14-16-12-13-17(15-8-4-3-5-9-15)20(21(16)26-2)18-10-6-7-11-19(18)27(22,24)25/h3-13,23H,14H2,1-2H3,(H2,22,24,25). The molecule has 0 aromatic heterocycles. The van der Waals surface area contributed by atoms with Crippen molar-refractivity contribution in [2.24, 2.45) is 5.14 Å². The number of rotatable bonds is 6. The van der Waals surface area contributed by atoms with Gasteiger partial charge >= 0.3 is 0 Å². The molecule has 0 unspecified atom stereocenters. The minimum Gasteiger partial charge on any atom is -0.496 e. The Bertz CT molecular complexity index is 1050. The molecular weight excluding hydrogens is 360 g/mol. The number of primary sulfonamides is 1. The van der Waals surface area contributed by atoms with Gasteiger partial charge in [-0.05, 0) is 24.2 Å². The number of ether oxygens (including phenoxy) is 1. The zero-order chi connectivity index (χ0) is 19.4. The van der Waals surface area contributed by atoms with Crippen LogP contribution in [0.25, 0.3) is 22.3 Å². The average Bonchev–Trinajstić information content (AvgIpc) is 2.68. The molecule has 0 radical (unpaired) electrons. The minimum absolute atomic E-state index is 0.0714. The van der Waals surface area contributed by atoms with E-state index in [1.54, 1.807) is 25.3 Å². The highest BCUT2D eigenvalue weighted by molar-refractivity contribution is 7.89. The third kappa shape index (κ3) is 3.88. The Labute approximate surface area is 159 Å². The number of benzene rings is 3. The van der Waals surface area contributed by atoms with Crippen LogP contribution in [0.4, 0.5) is 0 Å². The second-order valence-corrected chi connectivity index (χ2v) is 7.65. The van der Waals surface area contributed by atoms with Crippen LogP contribution in [-0.2, 0) is 16.6 Å². The van der Waals surface area contributed by atoms with E-state index < -0.39 is 10.0 Å². The van der Waals surface area contributed by atoms with Crippen molar-refractivity contribution in [2.75, 3.05) is 14.2 Å². The SMILES string of the molecule is CNCc1ccc(-c2ccccc2)c(-c2ccccc2S(N)(=O)=O)c1OC. The molecule has 0 heterocycles. The molecular formula is C21H22N2O3S. The maximum atomic E-state index is 12.2. The van der Waals surface area contributed by atoms with Crippen LogP contribution in [0, 0.1) is 0 Å². The summed E-state index contributed by atoms with van der Waals surface area (Å²) in [6, 6.07) is 20.5. The second kappa shape index (κ2) is 7.92. The third-order valence-corrected chi connectivity index (χ3v) is 5.33. The Kier molecular flexibility index (Phi) is 5.60. The highest BCUT2D eigenvalue weighted by Crippen LogP contribution is 2.43. The van der Waals surface area contributed by atoms with Crippen LogP contribution in [0.15, 0.2) is 71.6 Å². The molecule has 3 N–H and O–H groups in total. The van der Waals surface area contributed by atoms with Crippen LogP contribution in [0.2, 0.25) is 0 Å². The van der Waals surface area contributed by atoms with Crippen molar-refractivity contribution >= 4 is 10.0 Å². The predicted octanol–water partition coefficient (Wildman–Crippen LogP) is 3.40. The van der Waals surface area contributed by atoms with E-state index in [2.05, 4.69) is 5.32 Å². The number of sulfonamides is 1. The van der Waals surface area contributed by atoms with Crippen LogP contribution >= 0.6 is 0 Å². The molecule has 0 aliphatic rings. The van der Waals surface area contributed by atoms with E-state index in [1.165, 1.54) is 6.07 Å². The molecule has 6 heteroatoms. The molecule has 5 nitrogen and oxygen atoms in total. The van der Waals surface area contributed by atoms with Crippen molar-refractivity contribution in [3.63, 3.8) is 0 Å². The molecule has 0 bridgehead atoms. The van der Waals surface area contributed by atoms with Gasteiger partial charge in [-0.2, -0.15) is 0 Å². The number of nitrogens with two attached hydrogens (primary N) is 1. The van der Waals surface area contributed by atoms with E-state index in [-0.39, 0.29) is 4.90 Å². The summed E-state index contributed by atoms with van der Waals surface area (Å²) in [5.41, 5.74) is 4.00. The van der Waals surface area contributed by atoms with Gasteiger partial charge in [-0.3, -0.25) is 0 Å². The predicted molar refractivity (Wildman–Crippen MR) is 108 cm³/mol. The summed E-state index contributed by atoms with van der Waals surface area (Å²) in [4.78, 5) is 0.0714. The van der Waals surface area contributed by atoms with Gasteiger partial charge in [0.1, 0.15) is 5.75 Å². The van der Waals surface area contributed by atoms with E-state index in [0.717, 1.165) is 16.7 Å². The molecule has 0 spiro atoms. The van der Waals surface area contributed by atoms with E-state index in [0.29, 0.717) is 23.4 Å². The smallest absolute Gasteiger partial charge is 0.238 e. The van der Waals surface area contributed by atoms with E-state index >= 15 is 0 Å². The molecule has 0 amide bonds. The summed E-state index contributed by atoms with van der Waals surface area (Å²) in [6.07, 6.45) is 0. The molecule has 0 aliphatic carbocycles. The Morgan fingerprint density at radius 3 is 2.22 bits per heavy atom. The third-order valence-electron chi connectivity index (χ3n) is 4.36. The first-order valence-electron chi connectivity index (χ1n) is 8.49. The lowest BCUT2D eigenvalue weighted by atomic mass is 9.91. The van der Waals surface area contributed by atoms with Gasteiger partial charge in [0.15, 0.2) is 0 Å². The molecule has 0 saturated heterocycles. The van der Waals surface area contributed by atoms with Crippen LogP contribution in [0.5, 0.6) is 5.75 Å². The van der Waals surface area contributed by atoms with Crippen molar-refractivity contribution in [1.29, 1.82) is 0 Å². The Hall–Kier alpha value is -2.67. The van der Waals surface area contributed by atoms with Crippen LogP contribution in [0.3, 0.4) is 0 Å². The summed E-state index contributed by atoms with van der Waals surface area (Å²) in [7, 11) is -0.463. The minimum atomic E-state index is -3.90. The van der Waals surface area contributed by atoms with Gasteiger partial charge in [0.05, 0.1) is 12.0 Å². The molecule has 0 saturated carbocycles. The van der Waals surface area contributed by atoms with Crippen LogP contribution < -0.4 is 15.2 Å². The fourth-order valence-corrected chi connectivity index (χ4v) is 3.98. The quantitative estimate of drug-likeness (QED) is 0.685. The Morgan fingerprint density at radius 2 is 1.59 bits per heavy atom. The largest absolute Gasteiger partial charge is 0.496 e. The van der Waals surface area contributed by atoms with Crippen LogP contribution in [-0.4, -0.2) is 22.6 Å². The monoisotopic (exact) mass is 382 g/mol. The lowest BCUT2D eigenvalue weighted by Crippen LogP contribution is -2.14. The van der Waals surface area contributed by atoms with Crippen LogP contribution in [0.1, 0.15) is 5.56 Å². The summed E-state index contributed by atoms with van der Waals surface area (Å²) in [6.45, 7) is 0.586. The van der Waals surface area contributed by atoms with Gasteiger partial charge in [-0.15, -0.1) is 0 Å². The average molecular weight is 382 g/mol. The van der Waals surface area contributed by atoms with Crippen molar-refractivity contribution in [3.05, 3.63) is 72.3 Å². The van der Waals surface area contributed by atoms with Crippen molar-refractivity contribution in [1.82, 2.24) is 5.32 Å². The fraction of sp³-hybridized carbons (Fsp3) is 0.143. The fourth-order valence-electron chi connectivity index (χ4n) is 3.24. The first-order valence-corrected chi connectivity index (χ1v) is 10.0. The lowest BCUT2D eigenvalue weighted by Gasteiger charge is -2.20. The summed E-state index contributed by atoms with van der Waals surface area (Å²) >= 11 is 0. The molecule has 0 fully saturated rings. The second-order valence-electron chi connectivity index (χ2n) is 6.12. The van der Waals surface area contributed by atoms with Gasteiger partial charge < -0.3 is 10.1 Å². The van der Waals surface area contributed by atoms with Crippen molar-refractivity contribution in [3.8, 4) is 28.0 Å². The first-order chi connectivity index (χ1) is 13.0. The normalized spacial score (nSPS) is 11.4. The van der Waals surface area contributed by atoms with Crippen molar-refractivity contribution < 1.29 is 13.2 Å².